The quantitative estimate of drug-likeness (QED) is 0.844. The minimum Gasteiger partial charge on any atom is -0.307 e. The van der Waals surface area contributed by atoms with Crippen LogP contribution < -0.4 is 5.32 Å². The molecule has 3 atom stereocenters. The summed E-state index contributed by atoms with van der Waals surface area (Å²) in [6.07, 6.45) is 7.95. The molecule has 0 aromatic heterocycles. The van der Waals surface area contributed by atoms with Crippen LogP contribution in [0, 0.1) is 17.7 Å². The molecule has 1 nitrogen and oxygen atoms in total. The van der Waals surface area contributed by atoms with Crippen LogP contribution in [0.5, 0.6) is 0 Å². The van der Waals surface area contributed by atoms with Gasteiger partial charge in [0.15, 0.2) is 0 Å². The first-order chi connectivity index (χ1) is 9.22. The number of nitrogens with one attached hydrogen (secondary N) is 1. The Morgan fingerprint density at radius 3 is 2.47 bits per heavy atom. The third-order valence-corrected chi connectivity index (χ3v) is 4.67. The van der Waals surface area contributed by atoms with Crippen LogP contribution in [0.3, 0.4) is 0 Å². The lowest BCUT2D eigenvalue weighted by Gasteiger charge is -2.32. The van der Waals surface area contributed by atoms with Crippen molar-refractivity contribution in [3.8, 4) is 0 Å². The van der Waals surface area contributed by atoms with Crippen LogP contribution in [-0.2, 0) is 0 Å². The highest BCUT2D eigenvalue weighted by molar-refractivity contribution is 5.22. The van der Waals surface area contributed by atoms with E-state index in [9.17, 15) is 4.39 Å². The van der Waals surface area contributed by atoms with E-state index in [1.165, 1.54) is 44.1 Å². The molecule has 2 heteroatoms. The number of rotatable bonds is 4. The second-order valence-corrected chi connectivity index (χ2v) is 6.50. The summed E-state index contributed by atoms with van der Waals surface area (Å²) >= 11 is 0. The maximum absolute atomic E-state index is 13.1. The van der Waals surface area contributed by atoms with Crippen molar-refractivity contribution in [3.63, 3.8) is 0 Å². The lowest BCUT2D eigenvalue weighted by molar-refractivity contribution is 0.271. The molecule has 2 aliphatic carbocycles. The van der Waals surface area contributed by atoms with Gasteiger partial charge in [-0.05, 0) is 55.2 Å². The SMILES string of the molecule is CC1CCCC(NC(c2ccc(F)cc2)C2CC2)C1. The smallest absolute Gasteiger partial charge is 0.123 e. The molecule has 0 saturated heterocycles. The molecule has 0 aliphatic heterocycles. The molecule has 1 aromatic carbocycles. The molecule has 0 radical (unpaired) electrons. The Balaban J connectivity index is 1.69. The van der Waals surface area contributed by atoms with Gasteiger partial charge in [-0.25, -0.2) is 4.39 Å². The fraction of sp³-hybridized carbons (Fsp3) is 0.647. The molecule has 104 valence electrons. The molecule has 3 unspecified atom stereocenters. The second-order valence-electron chi connectivity index (χ2n) is 6.50. The Morgan fingerprint density at radius 1 is 1.11 bits per heavy atom. The maximum atomic E-state index is 13.1. The van der Waals surface area contributed by atoms with Gasteiger partial charge in [0.1, 0.15) is 5.82 Å². The van der Waals surface area contributed by atoms with Crippen molar-refractivity contribution in [1.82, 2.24) is 5.32 Å². The molecule has 0 spiro atoms. The van der Waals surface area contributed by atoms with Crippen LogP contribution in [0.2, 0.25) is 0 Å². The zero-order chi connectivity index (χ0) is 13.2. The van der Waals surface area contributed by atoms with Crippen molar-refractivity contribution < 1.29 is 4.39 Å². The minimum absolute atomic E-state index is 0.135. The average Bonchev–Trinajstić information content (AvgIpc) is 3.22. The van der Waals surface area contributed by atoms with Gasteiger partial charge in [0.05, 0.1) is 0 Å². The predicted molar refractivity (Wildman–Crippen MR) is 76.4 cm³/mol. The molecule has 0 heterocycles. The van der Waals surface area contributed by atoms with Crippen molar-refractivity contribution in [2.75, 3.05) is 0 Å². The summed E-state index contributed by atoms with van der Waals surface area (Å²) < 4.78 is 13.1. The summed E-state index contributed by atoms with van der Waals surface area (Å²) in [6.45, 7) is 2.36. The third-order valence-electron chi connectivity index (χ3n) is 4.67. The summed E-state index contributed by atoms with van der Waals surface area (Å²) in [6, 6.07) is 8.19. The van der Waals surface area contributed by atoms with Crippen LogP contribution in [0.1, 0.15) is 57.1 Å². The largest absolute Gasteiger partial charge is 0.307 e. The van der Waals surface area contributed by atoms with Crippen molar-refractivity contribution >= 4 is 0 Å². The normalized spacial score (nSPS) is 29.2. The summed E-state index contributed by atoms with van der Waals surface area (Å²) in [4.78, 5) is 0. The first-order valence-corrected chi connectivity index (χ1v) is 7.74. The van der Waals surface area contributed by atoms with Crippen molar-refractivity contribution in [2.24, 2.45) is 11.8 Å². The molecule has 0 amide bonds. The predicted octanol–water partition coefficient (Wildman–Crippen LogP) is 4.45. The third kappa shape index (κ3) is 3.36. The van der Waals surface area contributed by atoms with Gasteiger partial charge in [-0.1, -0.05) is 31.9 Å². The highest BCUT2D eigenvalue weighted by Crippen LogP contribution is 2.42. The Hall–Kier alpha value is -0.890. The summed E-state index contributed by atoms with van der Waals surface area (Å²) in [5.41, 5.74) is 1.27. The zero-order valence-electron chi connectivity index (χ0n) is 11.7. The Bertz CT molecular complexity index is 410. The molecule has 3 rings (SSSR count). The fourth-order valence-electron chi connectivity index (χ4n) is 3.44. The van der Waals surface area contributed by atoms with Gasteiger partial charge >= 0.3 is 0 Å². The van der Waals surface area contributed by atoms with Crippen LogP contribution in [0.4, 0.5) is 4.39 Å². The van der Waals surface area contributed by atoms with E-state index < -0.39 is 0 Å². The van der Waals surface area contributed by atoms with E-state index >= 15 is 0 Å². The molecule has 1 N–H and O–H groups in total. The van der Waals surface area contributed by atoms with Crippen molar-refractivity contribution in [3.05, 3.63) is 35.6 Å². The van der Waals surface area contributed by atoms with Crippen molar-refractivity contribution in [2.45, 2.75) is 57.5 Å². The average molecular weight is 261 g/mol. The van der Waals surface area contributed by atoms with E-state index in [1.54, 1.807) is 12.1 Å². The Kier molecular flexibility index (Phi) is 3.88. The summed E-state index contributed by atoms with van der Waals surface area (Å²) in [5.74, 6) is 1.48. The van der Waals surface area contributed by atoms with E-state index in [2.05, 4.69) is 12.2 Å². The molecule has 2 fully saturated rings. The minimum atomic E-state index is -0.135. The number of hydrogen-bond donors (Lipinski definition) is 1. The van der Waals surface area contributed by atoms with Crippen molar-refractivity contribution in [1.29, 1.82) is 0 Å². The standard InChI is InChI=1S/C17H24FN/c1-12-3-2-4-16(11-12)19-17(13-5-6-13)14-7-9-15(18)10-8-14/h7-10,12-13,16-17,19H,2-6,11H2,1H3. The van der Waals surface area contributed by atoms with Gasteiger partial charge in [0.2, 0.25) is 0 Å². The lowest BCUT2D eigenvalue weighted by Crippen LogP contribution is -2.37. The van der Waals surface area contributed by atoms with Gasteiger partial charge in [0.25, 0.3) is 0 Å². The Labute approximate surface area is 115 Å². The van der Waals surface area contributed by atoms with Gasteiger partial charge in [-0.15, -0.1) is 0 Å². The van der Waals surface area contributed by atoms with Gasteiger partial charge in [0, 0.05) is 12.1 Å². The maximum Gasteiger partial charge on any atom is 0.123 e. The molecular formula is C17H24FN. The van der Waals surface area contributed by atoms with E-state index in [4.69, 9.17) is 0 Å². The molecular weight excluding hydrogens is 237 g/mol. The van der Waals surface area contributed by atoms with Gasteiger partial charge in [-0.3, -0.25) is 0 Å². The van der Waals surface area contributed by atoms with Gasteiger partial charge in [-0.2, -0.15) is 0 Å². The first kappa shape index (κ1) is 13.1. The van der Waals surface area contributed by atoms with E-state index in [-0.39, 0.29) is 5.82 Å². The molecule has 2 aliphatic rings. The summed E-state index contributed by atoms with van der Waals surface area (Å²) in [7, 11) is 0. The highest BCUT2D eigenvalue weighted by atomic mass is 19.1. The Morgan fingerprint density at radius 2 is 1.84 bits per heavy atom. The number of halogens is 1. The van der Waals surface area contributed by atoms with E-state index in [0.717, 1.165) is 11.8 Å². The lowest BCUT2D eigenvalue weighted by atomic mass is 9.86. The topological polar surface area (TPSA) is 12.0 Å². The van der Waals surface area contributed by atoms with E-state index in [0.29, 0.717) is 12.1 Å². The molecule has 19 heavy (non-hydrogen) atoms. The first-order valence-electron chi connectivity index (χ1n) is 7.74. The van der Waals surface area contributed by atoms with Crippen LogP contribution >= 0.6 is 0 Å². The number of benzene rings is 1. The van der Waals surface area contributed by atoms with Crippen LogP contribution in [0.25, 0.3) is 0 Å². The monoisotopic (exact) mass is 261 g/mol. The molecule has 1 aromatic rings. The van der Waals surface area contributed by atoms with E-state index in [1.807, 2.05) is 12.1 Å². The molecule has 0 bridgehead atoms. The van der Waals surface area contributed by atoms with Crippen LogP contribution in [-0.4, -0.2) is 6.04 Å². The summed E-state index contributed by atoms with van der Waals surface area (Å²) in [5, 5.41) is 3.86. The van der Waals surface area contributed by atoms with Crippen LogP contribution in [0.15, 0.2) is 24.3 Å². The second kappa shape index (κ2) is 5.62. The fourth-order valence-corrected chi connectivity index (χ4v) is 3.44. The van der Waals surface area contributed by atoms with Gasteiger partial charge < -0.3 is 5.32 Å². The number of hydrogen-bond acceptors (Lipinski definition) is 1. The highest BCUT2D eigenvalue weighted by Gasteiger charge is 2.34. The molecule has 2 saturated carbocycles. The zero-order valence-corrected chi connectivity index (χ0v) is 11.7.